The number of fused-ring (bicyclic) bond motifs is 1. The van der Waals surface area contributed by atoms with Crippen molar-refractivity contribution in [1.29, 1.82) is 0 Å². The number of rotatable bonds is 5. The summed E-state index contributed by atoms with van der Waals surface area (Å²) >= 11 is 0. The van der Waals surface area contributed by atoms with Crippen molar-refractivity contribution in [2.45, 2.75) is 46.6 Å². The smallest absolute Gasteiger partial charge is 0.306 e. The number of carbonyl (C=O) groups is 2. The molecule has 126 valence electrons. The molecule has 1 heterocycles. The number of amides is 1. The van der Waals surface area contributed by atoms with Gasteiger partial charge in [0.15, 0.2) is 0 Å². The van der Waals surface area contributed by atoms with E-state index in [2.05, 4.69) is 19.9 Å². The lowest BCUT2D eigenvalue weighted by atomic mass is 9.90. The second-order valence-electron chi connectivity index (χ2n) is 6.98. The highest BCUT2D eigenvalue weighted by Crippen LogP contribution is 2.37. The van der Waals surface area contributed by atoms with E-state index in [0.717, 1.165) is 12.1 Å². The van der Waals surface area contributed by atoms with Crippen molar-refractivity contribution in [3.8, 4) is 0 Å². The minimum atomic E-state index is -0.352. The molecule has 2 atom stereocenters. The fourth-order valence-electron chi connectivity index (χ4n) is 3.28. The number of para-hydroxylation sites is 1. The average Bonchev–Trinajstić information content (AvgIpc) is 2.91. The van der Waals surface area contributed by atoms with Gasteiger partial charge < -0.3 is 9.64 Å². The second-order valence-corrected chi connectivity index (χ2v) is 6.98. The van der Waals surface area contributed by atoms with E-state index in [4.69, 9.17) is 4.74 Å². The Hall–Kier alpha value is -1.84. The Bertz CT molecular complexity index is 580. The summed E-state index contributed by atoms with van der Waals surface area (Å²) in [6, 6.07) is 8.22. The van der Waals surface area contributed by atoms with E-state index in [0.29, 0.717) is 5.92 Å². The van der Waals surface area contributed by atoms with E-state index in [1.165, 1.54) is 12.7 Å². The predicted molar refractivity (Wildman–Crippen MR) is 91.2 cm³/mol. The van der Waals surface area contributed by atoms with Crippen molar-refractivity contribution < 1.29 is 14.3 Å². The molecule has 4 heteroatoms. The predicted octanol–water partition coefficient (Wildman–Crippen LogP) is 3.44. The molecule has 1 aromatic carbocycles. The fourth-order valence-corrected chi connectivity index (χ4v) is 3.28. The Kier molecular flexibility index (Phi) is 5.45. The molecular weight excluding hydrogens is 290 g/mol. The summed E-state index contributed by atoms with van der Waals surface area (Å²) in [6.45, 7) is 8.25. The summed E-state index contributed by atoms with van der Waals surface area (Å²) in [4.78, 5) is 26.9. The molecule has 1 aliphatic rings. The Labute approximate surface area is 138 Å². The molecule has 0 saturated carbocycles. The first-order chi connectivity index (χ1) is 10.9. The lowest BCUT2D eigenvalue weighted by Gasteiger charge is -2.32. The Morgan fingerprint density at radius 1 is 1.22 bits per heavy atom. The largest absolute Gasteiger partial charge is 0.469 e. The standard InChI is InChI=1S/C19H27NO3/c1-12(2)15(11-18(21)23-5)19(22)20-16-9-7-6-8-14(16)10-17(20)13(3)4/h6-9,12-13,15,17H,10-11H2,1-5H3/t15-,17-/m0/s1. The zero-order valence-corrected chi connectivity index (χ0v) is 14.7. The van der Waals surface area contributed by atoms with Gasteiger partial charge in [-0.25, -0.2) is 0 Å². The third-order valence-corrected chi connectivity index (χ3v) is 4.76. The van der Waals surface area contributed by atoms with Crippen LogP contribution in [0.1, 0.15) is 39.7 Å². The number of benzene rings is 1. The fraction of sp³-hybridized carbons (Fsp3) is 0.579. The van der Waals surface area contributed by atoms with Crippen LogP contribution < -0.4 is 4.90 Å². The number of methoxy groups -OCH3 is 1. The first-order valence-corrected chi connectivity index (χ1v) is 8.34. The lowest BCUT2D eigenvalue weighted by molar-refractivity contribution is -0.144. The Morgan fingerprint density at radius 3 is 2.43 bits per heavy atom. The number of ether oxygens (including phenoxy) is 1. The van der Waals surface area contributed by atoms with Crippen LogP contribution in [-0.4, -0.2) is 25.0 Å². The van der Waals surface area contributed by atoms with E-state index < -0.39 is 0 Å². The van der Waals surface area contributed by atoms with Crippen LogP contribution in [0, 0.1) is 17.8 Å². The van der Waals surface area contributed by atoms with Crippen LogP contribution in [0.3, 0.4) is 0 Å². The van der Waals surface area contributed by atoms with Crippen LogP contribution >= 0.6 is 0 Å². The topological polar surface area (TPSA) is 46.6 Å². The third kappa shape index (κ3) is 3.57. The van der Waals surface area contributed by atoms with Crippen molar-refractivity contribution in [3.63, 3.8) is 0 Å². The van der Waals surface area contributed by atoms with E-state index >= 15 is 0 Å². The SMILES string of the molecule is COC(=O)C[C@H](C(=O)N1c2ccccc2C[C@H]1C(C)C)C(C)C. The maximum absolute atomic E-state index is 13.2. The molecule has 0 fully saturated rings. The monoisotopic (exact) mass is 317 g/mol. The minimum Gasteiger partial charge on any atom is -0.469 e. The quantitative estimate of drug-likeness (QED) is 0.782. The number of hydrogen-bond acceptors (Lipinski definition) is 3. The van der Waals surface area contributed by atoms with Gasteiger partial charge in [0.2, 0.25) is 5.91 Å². The first kappa shape index (κ1) is 17.5. The normalized spacial score (nSPS) is 18.2. The van der Waals surface area contributed by atoms with Gasteiger partial charge in [0.05, 0.1) is 19.4 Å². The molecule has 0 N–H and O–H groups in total. The molecule has 0 aliphatic carbocycles. The molecule has 4 nitrogen and oxygen atoms in total. The molecular formula is C19H27NO3. The minimum absolute atomic E-state index is 0.0362. The van der Waals surface area contributed by atoms with Crippen molar-refractivity contribution in [1.82, 2.24) is 0 Å². The van der Waals surface area contributed by atoms with Crippen molar-refractivity contribution in [2.75, 3.05) is 12.0 Å². The van der Waals surface area contributed by atoms with E-state index in [9.17, 15) is 9.59 Å². The van der Waals surface area contributed by atoms with E-state index in [1.54, 1.807) is 0 Å². The summed E-state index contributed by atoms with van der Waals surface area (Å²) in [6.07, 6.45) is 1.01. The van der Waals surface area contributed by atoms with E-state index in [-0.39, 0.29) is 36.2 Å². The zero-order chi connectivity index (χ0) is 17.1. The number of carbonyl (C=O) groups excluding carboxylic acids is 2. The molecule has 1 aliphatic heterocycles. The van der Waals surface area contributed by atoms with Gasteiger partial charge in [-0.15, -0.1) is 0 Å². The van der Waals surface area contributed by atoms with Crippen LogP contribution in [0.2, 0.25) is 0 Å². The van der Waals surface area contributed by atoms with Gasteiger partial charge in [-0.3, -0.25) is 9.59 Å². The number of nitrogens with zero attached hydrogens (tertiary/aromatic N) is 1. The summed E-state index contributed by atoms with van der Waals surface area (Å²) in [5.74, 6) is -0.200. The number of esters is 1. The highest BCUT2D eigenvalue weighted by Gasteiger charge is 2.39. The molecule has 0 bridgehead atoms. The summed E-state index contributed by atoms with van der Waals surface area (Å²) < 4.78 is 4.78. The van der Waals surface area contributed by atoms with Crippen molar-refractivity contribution in [3.05, 3.63) is 29.8 Å². The molecule has 23 heavy (non-hydrogen) atoms. The maximum Gasteiger partial charge on any atom is 0.306 e. The van der Waals surface area contributed by atoms with Crippen molar-refractivity contribution in [2.24, 2.45) is 17.8 Å². The molecule has 0 spiro atoms. The number of anilines is 1. The van der Waals surface area contributed by atoms with Crippen LogP contribution in [0.15, 0.2) is 24.3 Å². The van der Waals surface area contributed by atoms with Gasteiger partial charge in [-0.1, -0.05) is 45.9 Å². The van der Waals surface area contributed by atoms with Gasteiger partial charge in [-0.05, 0) is 29.9 Å². The molecule has 1 aromatic rings. The van der Waals surface area contributed by atoms with Gasteiger partial charge >= 0.3 is 5.97 Å². The number of hydrogen-bond donors (Lipinski definition) is 0. The average molecular weight is 317 g/mol. The molecule has 1 amide bonds. The highest BCUT2D eigenvalue weighted by atomic mass is 16.5. The molecule has 0 unspecified atom stereocenters. The molecule has 0 aromatic heterocycles. The molecule has 2 rings (SSSR count). The second kappa shape index (κ2) is 7.16. The summed E-state index contributed by atoms with van der Waals surface area (Å²) in [5.41, 5.74) is 2.20. The van der Waals surface area contributed by atoms with Crippen LogP contribution in [-0.2, 0) is 20.7 Å². The van der Waals surface area contributed by atoms with Crippen LogP contribution in [0.4, 0.5) is 5.69 Å². The molecule has 0 radical (unpaired) electrons. The van der Waals surface area contributed by atoms with Gasteiger partial charge in [0.25, 0.3) is 0 Å². The lowest BCUT2D eigenvalue weighted by Crippen LogP contribution is -2.45. The van der Waals surface area contributed by atoms with Gasteiger partial charge in [-0.2, -0.15) is 0 Å². The maximum atomic E-state index is 13.2. The van der Waals surface area contributed by atoms with Gasteiger partial charge in [0, 0.05) is 11.7 Å². The zero-order valence-electron chi connectivity index (χ0n) is 14.7. The van der Waals surface area contributed by atoms with E-state index in [1.807, 2.05) is 36.9 Å². The van der Waals surface area contributed by atoms with Crippen molar-refractivity contribution >= 4 is 17.6 Å². The molecule has 0 saturated heterocycles. The summed E-state index contributed by atoms with van der Waals surface area (Å²) in [7, 11) is 1.37. The Morgan fingerprint density at radius 2 is 1.87 bits per heavy atom. The van der Waals surface area contributed by atoms with Crippen LogP contribution in [0.5, 0.6) is 0 Å². The first-order valence-electron chi connectivity index (χ1n) is 8.34. The highest BCUT2D eigenvalue weighted by molar-refractivity contribution is 5.99. The Balaban J connectivity index is 2.35. The summed E-state index contributed by atoms with van der Waals surface area (Å²) in [5, 5.41) is 0. The van der Waals surface area contributed by atoms with Gasteiger partial charge in [0.1, 0.15) is 0 Å². The third-order valence-electron chi connectivity index (χ3n) is 4.76. The van der Waals surface area contributed by atoms with Crippen LogP contribution in [0.25, 0.3) is 0 Å².